The predicted octanol–water partition coefficient (Wildman–Crippen LogP) is 3.77. The smallest absolute Gasteiger partial charge is 0.361 e. The molecule has 0 saturated heterocycles. The second kappa shape index (κ2) is 6.30. The number of hydrogen-bond acceptors (Lipinski definition) is 3. The molecule has 1 fully saturated rings. The van der Waals surface area contributed by atoms with Crippen LogP contribution in [0.2, 0.25) is 0 Å². The summed E-state index contributed by atoms with van der Waals surface area (Å²) in [5, 5.41) is 3.91. The monoisotopic (exact) mass is 338 g/mol. The number of rotatable bonds is 5. The average Bonchev–Trinajstić information content (AvgIpc) is 3.27. The molecule has 1 amide bonds. The van der Waals surface area contributed by atoms with E-state index in [9.17, 15) is 18.0 Å². The standard InChI is InChI=1S/C17H17F3N2O2/c1-22(10-13-9-15(24-21-13)11-6-7-11)16(23)8-12-4-2-3-5-14(12)17(18,19)20/h2-5,9,11H,6-8,10H2,1H3. The molecule has 1 aromatic heterocycles. The van der Waals surface area contributed by atoms with E-state index in [4.69, 9.17) is 4.52 Å². The molecule has 0 spiro atoms. The van der Waals surface area contributed by atoms with E-state index < -0.39 is 17.6 Å². The van der Waals surface area contributed by atoms with E-state index in [-0.39, 0.29) is 18.5 Å². The lowest BCUT2D eigenvalue weighted by molar-refractivity contribution is -0.138. The van der Waals surface area contributed by atoms with Crippen molar-refractivity contribution in [2.45, 2.75) is 37.9 Å². The summed E-state index contributed by atoms with van der Waals surface area (Å²) in [7, 11) is 1.55. The normalized spacial score (nSPS) is 14.7. The Bertz CT molecular complexity index is 735. The van der Waals surface area contributed by atoms with Gasteiger partial charge < -0.3 is 9.42 Å². The van der Waals surface area contributed by atoms with Gasteiger partial charge in [-0.2, -0.15) is 13.2 Å². The maximum atomic E-state index is 13.0. The number of likely N-dealkylation sites (N-methyl/N-ethyl adjacent to an activating group) is 1. The molecule has 0 atom stereocenters. The molecule has 1 aliphatic rings. The topological polar surface area (TPSA) is 46.3 Å². The highest BCUT2D eigenvalue weighted by Crippen LogP contribution is 2.40. The largest absolute Gasteiger partial charge is 0.416 e. The van der Waals surface area contributed by atoms with Crippen molar-refractivity contribution in [1.29, 1.82) is 0 Å². The van der Waals surface area contributed by atoms with Crippen LogP contribution in [0.5, 0.6) is 0 Å². The lowest BCUT2D eigenvalue weighted by atomic mass is 10.0. The second-order valence-electron chi connectivity index (χ2n) is 6.08. The van der Waals surface area contributed by atoms with Crippen LogP contribution in [0.15, 0.2) is 34.9 Å². The fourth-order valence-electron chi connectivity index (χ4n) is 2.54. The van der Waals surface area contributed by atoms with Gasteiger partial charge in [0, 0.05) is 19.0 Å². The van der Waals surface area contributed by atoms with Crippen molar-refractivity contribution in [1.82, 2.24) is 10.1 Å². The van der Waals surface area contributed by atoms with Gasteiger partial charge in [0.15, 0.2) is 0 Å². The minimum atomic E-state index is -4.47. The SMILES string of the molecule is CN(Cc1cc(C2CC2)on1)C(=O)Cc1ccccc1C(F)(F)F. The van der Waals surface area contributed by atoms with Crippen molar-refractivity contribution in [3.05, 3.63) is 52.9 Å². The molecule has 1 heterocycles. The third-order valence-corrected chi connectivity index (χ3v) is 4.05. The molecule has 7 heteroatoms. The Morgan fingerprint density at radius 1 is 1.33 bits per heavy atom. The summed E-state index contributed by atoms with van der Waals surface area (Å²) in [6.07, 6.45) is -2.62. The highest BCUT2D eigenvalue weighted by molar-refractivity contribution is 5.78. The van der Waals surface area contributed by atoms with Gasteiger partial charge in [-0.25, -0.2) is 0 Å². The van der Waals surface area contributed by atoms with Crippen LogP contribution >= 0.6 is 0 Å². The Hall–Kier alpha value is -2.31. The molecule has 1 aromatic carbocycles. The molecule has 0 N–H and O–H groups in total. The van der Waals surface area contributed by atoms with Crippen LogP contribution in [-0.4, -0.2) is 23.0 Å². The summed E-state index contributed by atoms with van der Waals surface area (Å²) in [5.41, 5.74) is -0.193. The molecular formula is C17H17F3N2O2. The lowest BCUT2D eigenvalue weighted by Crippen LogP contribution is -2.28. The first kappa shape index (κ1) is 16.5. The van der Waals surface area contributed by atoms with Gasteiger partial charge in [-0.1, -0.05) is 23.4 Å². The number of aromatic nitrogens is 1. The van der Waals surface area contributed by atoms with Crippen molar-refractivity contribution in [3.8, 4) is 0 Å². The van der Waals surface area contributed by atoms with Crippen LogP contribution in [0, 0.1) is 0 Å². The van der Waals surface area contributed by atoms with Crippen molar-refractivity contribution in [2.24, 2.45) is 0 Å². The molecule has 2 aromatic rings. The third-order valence-electron chi connectivity index (χ3n) is 4.05. The first-order valence-corrected chi connectivity index (χ1v) is 7.69. The van der Waals surface area contributed by atoms with E-state index in [1.165, 1.54) is 23.1 Å². The minimum absolute atomic E-state index is 0.0272. The molecule has 24 heavy (non-hydrogen) atoms. The fraction of sp³-hybridized carbons (Fsp3) is 0.412. The van der Waals surface area contributed by atoms with Gasteiger partial charge in [0.05, 0.1) is 18.5 Å². The van der Waals surface area contributed by atoms with E-state index in [0.29, 0.717) is 11.6 Å². The first-order chi connectivity index (χ1) is 11.3. The summed E-state index contributed by atoms with van der Waals surface area (Å²) in [5.74, 6) is 0.835. The summed E-state index contributed by atoms with van der Waals surface area (Å²) in [4.78, 5) is 13.6. The Morgan fingerprint density at radius 2 is 2.04 bits per heavy atom. The first-order valence-electron chi connectivity index (χ1n) is 7.69. The molecule has 128 valence electrons. The number of carbonyl (C=O) groups excluding carboxylic acids is 1. The van der Waals surface area contributed by atoms with E-state index >= 15 is 0 Å². The van der Waals surface area contributed by atoms with E-state index in [1.54, 1.807) is 7.05 Å². The van der Waals surface area contributed by atoms with Crippen LogP contribution in [0.25, 0.3) is 0 Å². The number of nitrogens with zero attached hydrogens (tertiary/aromatic N) is 2. The van der Waals surface area contributed by atoms with Gasteiger partial charge in [-0.3, -0.25) is 4.79 Å². The number of carbonyl (C=O) groups is 1. The molecule has 4 nitrogen and oxygen atoms in total. The summed E-state index contributed by atoms with van der Waals surface area (Å²) >= 11 is 0. The average molecular weight is 338 g/mol. The zero-order valence-electron chi connectivity index (χ0n) is 13.1. The third kappa shape index (κ3) is 3.77. The maximum Gasteiger partial charge on any atom is 0.416 e. The van der Waals surface area contributed by atoms with Crippen molar-refractivity contribution in [2.75, 3.05) is 7.05 Å². The van der Waals surface area contributed by atoms with Crippen LogP contribution < -0.4 is 0 Å². The van der Waals surface area contributed by atoms with Crippen molar-refractivity contribution < 1.29 is 22.5 Å². The molecule has 1 saturated carbocycles. The van der Waals surface area contributed by atoms with Crippen molar-refractivity contribution in [3.63, 3.8) is 0 Å². The van der Waals surface area contributed by atoms with Gasteiger partial charge in [-0.15, -0.1) is 0 Å². The lowest BCUT2D eigenvalue weighted by Gasteiger charge is -2.17. The van der Waals surface area contributed by atoms with Gasteiger partial charge in [0.2, 0.25) is 5.91 Å². The number of amides is 1. The van der Waals surface area contributed by atoms with Gasteiger partial charge in [0.25, 0.3) is 0 Å². The number of halogens is 3. The zero-order chi connectivity index (χ0) is 17.3. The molecule has 0 radical (unpaired) electrons. The molecule has 0 aliphatic heterocycles. The van der Waals surface area contributed by atoms with Crippen molar-refractivity contribution >= 4 is 5.91 Å². The summed E-state index contributed by atoms with van der Waals surface area (Å²) < 4.78 is 44.2. The Morgan fingerprint density at radius 3 is 2.71 bits per heavy atom. The molecule has 0 bridgehead atoms. The van der Waals surface area contributed by atoms with Crippen LogP contribution in [0.3, 0.4) is 0 Å². The quantitative estimate of drug-likeness (QED) is 0.834. The van der Waals surface area contributed by atoms with Crippen LogP contribution in [-0.2, 0) is 23.9 Å². The maximum absolute atomic E-state index is 13.0. The number of hydrogen-bond donors (Lipinski definition) is 0. The number of benzene rings is 1. The molecule has 1 aliphatic carbocycles. The van der Waals surface area contributed by atoms with Gasteiger partial charge in [0.1, 0.15) is 11.5 Å². The number of alkyl halides is 3. The van der Waals surface area contributed by atoms with Crippen LogP contribution in [0.1, 0.15) is 41.3 Å². The fourth-order valence-corrected chi connectivity index (χ4v) is 2.54. The second-order valence-corrected chi connectivity index (χ2v) is 6.08. The highest BCUT2D eigenvalue weighted by atomic mass is 19.4. The molecular weight excluding hydrogens is 321 g/mol. The minimum Gasteiger partial charge on any atom is -0.361 e. The van der Waals surface area contributed by atoms with E-state index in [0.717, 1.165) is 24.7 Å². The molecule has 3 rings (SSSR count). The Balaban J connectivity index is 1.65. The van der Waals surface area contributed by atoms with Gasteiger partial charge in [-0.05, 0) is 24.5 Å². The predicted molar refractivity (Wildman–Crippen MR) is 80.1 cm³/mol. The highest BCUT2D eigenvalue weighted by Gasteiger charge is 2.33. The summed E-state index contributed by atoms with van der Waals surface area (Å²) in [6.45, 7) is 0.212. The Labute approximate surface area is 137 Å². The van der Waals surface area contributed by atoms with E-state index in [2.05, 4.69) is 5.16 Å². The molecule has 0 unspecified atom stereocenters. The van der Waals surface area contributed by atoms with Crippen LogP contribution in [0.4, 0.5) is 13.2 Å². The van der Waals surface area contributed by atoms with Gasteiger partial charge >= 0.3 is 6.18 Å². The summed E-state index contributed by atoms with van der Waals surface area (Å²) in [6, 6.07) is 6.94. The zero-order valence-corrected chi connectivity index (χ0v) is 13.1. The van der Waals surface area contributed by atoms with E-state index in [1.807, 2.05) is 6.07 Å². The Kier molecular flexibility index (Phi) is 4.34.